The first kappa shape index (κ1) is 29.1. The zero-order valence-electron chi connectivity index (χ0n) is 29.6. The predicted molar refractivity (Wildman–Crippen MR) is 230 cm³/mol. The minimum Gasteiger partial charge on any atom is -0.456 e. The highest BCUT2D eigenvalue weighted by molar-refractivity contribution is 6.31. The summed E-state index contributed by atoms with van der Waals surface area (Å²) in [5.41, 5.74) is 16.4. The Kier molecular flexibility index (Phi) is 5.63. The lowest BCUT2D eigenvalue weighted by atomic mass is 10.0. The molecular formula is C52H30N2O. The summed E-state index contributed by atoms with van der Waals surface area (Å²) in [5, 5.41) is 9.80. The SMILES string of the molecule is c1ccc(-c2cccc(-n3c4ccc5c6ccccc6n(-c6ccc7c(c6)-c6cccc8cccc-7c68)c5c4c4ccc5oc6ccccc6c5c43)c2)cc1. The highest BCUT2D eigenvalue weighted by atomic mass is 16.3. The van der Waals surface area contributed by atoms with Crippen LogP contribution in [0.4, 0.5) is 0 Å². The van der Waals surface area contributed by atoms with Gasteiger partial charge < -0.3 is 13.6 Å². The average molecular weight is 699 g/mol. The molecule has 3 nitrogen and oxygen atoms in total. The molecule has 0 atom stereocenters. The molecule has 12 aromatic rings. The lowest BCUT2D eigenvalue weighted by molar-refractivity contribution is 0.669. The molecule has 0 saturated carbocycles. The minimum absolute atomic E-state index is 0.890. The van der Waals surface area contributed by atoms with Crippen LogP contribution in [-0.2, 0) is 0 Å². The van der Waals surface area contributed by atoms with Crippen molar-refractivity contribution in [1.82, 2.24) is 9.13 Å². The molecule has 1 aliphatic carbocycles. The maximum Gasteiger partial charge on any atom is 0.137 e. The van der Waals surface area contributed by atoms with Gasteiger partial charge in [0.15, 0.2) is 0 Å². The van der Waals surface area contributed by atoms with Crippen molar-refractivity contribution >= 4 is 76.3 Å². The molecule has 0 amide bonds. The third-order valence-electron chi connectivity index (χ3n) is 12.0. The van der Waals surface area contributed by atoms with Crippen LogP contribution in [0.3, 0.4) is 0 Å². The standard InChI is InChI=1S/C52H30N2O/c1-2-11-31(12-3-1)33-15-8-16-34(29-33)54-45-27-25-40-37-17-4-6-21-44(37)53(35-23-24-36-38-19-9-13-32-14-10-20-39(48(32)38)43(36)30-35)51(40)49(45)42-26-28-47-50(52(42)54)41-18-5-7-22-46(41)55-47/h1-30H. The van der Waals surface area contributed by atoms with Gasteiger partial charge in [0.1, 0.15) is 11.2 Å². The summed E-state index contributed by atoms with van der Waals surface area (Å²) in [6, 6.07) is 66.5. The van der Waals surface area contributed by atoms with Crippen LogP contribution < -0.4 is 0 Å². The van der Waals surface area contributed by atoms with E-state index in [0.717, 1.165) is 44.3 Å². The summed E-state index contributed by atoms with van der Waals surface area (Å²) in [5.74, 6) is 0. The summed E-state index contributed by atoms with van der Waals surface area (Å²) in [6.45, 7) is 0. The topological polar surface area (TPSA) is 23.0 Å². The van der Waals surface area contributed by atoms with Crippen LogP contribution in [-0.4, -0.2) is 9.13 Å². The maximum absolute atomic E-state index is 6.54. The number of rotatable bonds is 3. The predicted octanol–water partition coefficient (Wildman–Crippen LogP) is 14.2. The van der Waals surface area contributed by atoms with E-state index in [9.17, 15) is 0 Å². The number of fused-ring (bicyclic) bond motifs is 14. The Labute approximate surface area is 315 Å². The third-order valence-corrected chi connectivity index (χ3v) is 12.0. The van der Waals surface area contributed by atoms with Crippen molar-refractivity contribution in [1.29, 1.82) is 0 Å². The summed E-state index contributed by atoms with van der Waals surface area (Å²) >= 11 is 0. The maximum atomic E-state index is 6.54. The molecule has 0 bridgehead atoms. The Morgan fingerprint density at radius 2 is 1.02 bits per heavy atom. The summed E-state index contributed by atoms with van der Waals surface area (Å²) in [4.78, 5) is 0. The Bertz CT molecular complexity index is 3590. The fraction of sp³-hybridized carbons (Fsp3) is 0. The van der Waals surface area contributed by atoms with Crippen LogP contribution in [0.2, 0.25) is 0 Å². The quantitative estimate of drug-likeness (QED) is 0.180. The molecule has 9 aromatic carbocycles. The summed E-state index contributed by atoms with van der Waals surface area (Å²) in [6.07, 6.45) is 0. The van der Waals surface area contributed by atoms with Gasteiger partial charge in [0.25, 0.3) is 0 Å². The lowest BCUT2D eigenvalue weighted by Crippen LogP contribution is -1.96. The first-order valence-corrected chi connectivity index (χ1v) is 18.9. The van der Waals surface area contributed by atoms with E-state index < -0.39 is 0 Å². The molecule has 3 aromatic heterocycles. The molecule has 254 valence electrons. The molecule has 0 saturated heterocycles. The first-order valence-electron chi connectivity index (χ1n) is 18.9. The summed E-state index contributed by atoms with van der Waals surface area (Å²) in [7, 11) is 0. The molecular weight excluding hydrogens is 669 g/mol. The smallest absolute Gasteiger partial charge is 0.137 e. The second kappa shape index (κ2) is 10.6. The van der Waals surface area contributed by atoms with Gasteiger partial charge in [0.05, 0.1) is 27.5 Å². The fourth-order valence-electron chi connectivity index (χ4n) is 9.76. The van der Waals surface area contributed by atoms with Crippen molar-refractivity contribution < 1.29 is 4.42 Å². The monoisotopic (exact) mass is 698 g/mol. The van der Waals surface area contributed by atoms with Gasteiger partial charge in [-0.3, -0.25) is 0 Å². The minimum atomic E-state index is 0.890. The number of furan rings is 1. The average Bonchev–Trinajstić information content (AvgIpc) is 3.98. The van der Waals surface area contributed by atoms with E-state index in [-0.39, 0.29) is 0 Å². The van der Waals surface area contributed by atoms with E-state index in [1.165, 1.54) is 76.7 Å². The molecule has 55 heavy (non-hydrogen) atoms. The van der Waals surface area contributed by atoms with Gasteiger partial charge in [-0.1, -0.05) is 127 Å². The molecule has 0 aliphatic heterocycles. The van der Waals surface area contributed by atoms with Gasteiger partial charge in [0, 0.05) is 38.3 Å². The second-order valence-electron chi connectivity index (χ2n) is 14.8. The molecule has 3 heteroatoms. The molecule has 0 N–H and O–H groups in total. The van der Waals surface area contributed by atoms with Crippen LogP contribution in [0.5, 0.6) is 0 Å². The second-order valence-corrected chi connectivity index (χ2v) is 14.8. The number of para-hydroxylation sites is 2. The normalized spacial score (nSPS) is 12.4. The van der Waals surface area contributed by atoms with Crippen LogP contribution in [0.1, 0.15) is 0 Å². The zero-order chi connectivity index (χ0) is 35.8. The van der Waals surface area contributed by atoms with Crippen molar-refractivity contribution in [3.63, 3.8) is 0 Å². The Morgan fingerprint density at radius 3 is 1.91 bits per heavy atom. The Balaban J connectivity index is 1.19. The van der Waals surface area contributed by atoms with Gasteiger partial charge >= 0.3 is 0 Å². The number of nitrogens with zero attached hydrogens (tertiary/aromatic N) is 2. The van der Waals surface area contributed by atoms with Crippen molar-refractivity contribution in [2.24, 2.45) is 0 Å². The van der Waals surface area contributed by atoms with Gasteiger partial charge in [-0.15, -0.1) is 0 Å². The van der Waals surface area contributed by atoms with Gasteiger partial charge in [-0.2, -0.15) is 0 Å². The lowest BCUT2D eigenvalue weighted by Gasteiger charge is -2.13. The van der Waals surface area contributed by atoms with E-state index in [4.69, 9.17) is 4.42 Å². The highest BCUT2D eigenvalue weighted by Crippen LogP contribution is 2.50. The van der Waals surface area contributed by atoms with Crippen molar-refractivity contribution in [2.75, 3.05) is 0 Å². The van der Waals surface area contributed by atoms with Crippen molar-refractivity contribution in [3.05, 3.63) is 182 Å². The van der Waals surface area contributed by atoms with Gasteiger partial charge in [-0.05, 0) is 98.8 Å². The van der Waals surface area contributed by atoms with Crippen LogP contribution in [0.25, 0.3) is 121 Å². The number of benzene rings is 9. The van der Waals surface area contributed by atoms with E-state index >= 15 is 0 Å². The molecule has 0 fully saturated rings. The van der Waals surface area contributed by atoms with E-state index in [1.54, 1.807) is 0 Å². The number of hydrogen-bond donors (Lipinski definition) is 0. The van der Waals surface area contributed by atoms with Crippen molar-refractivity contribution in [3.8, 4) is 44.8 Å². The van der Waals surface area contributed by atoms with Gasteiger partial charge in [-0.25, -0.2) is 0 Å². The largest absolute Gasteiger partial charge is 0.456 e. The van der Waals surface area contributed by atoms with E-state index in [2.05, 4.69) is 191 Å². The number of hydrogen-bond acceptors (Lipinski definition) is 1. The van der Waals surface area contributed by atoms with Crippen LogP contribution >= 0.6 is 0 Å². The summed E-state index contributed by atoms with van der Waals surface area (Å²) < 4.78 is 11.5. The highest BCUT2D eigenvalue weighted by Gasteiger charge is 2.26. The molecule has 0 spiro atoms. The fourth-order valence-corrected chi connectivity index (χ4v) is 9.76. The van der Waals surface area contributed by atoms with Crippen LogP contribution in [0.15, 0.2) is 186 Å². The number of aromatic nitrogens is 2. The molecule has 13 rings (SSSR count). The van der Waals surface area contributed by atoms with E-state index in [0.29, 0.717) is 0 Å². The van der Waals surface area contributed by atoms with Gasteiger partial charge in [0.2, 0.25) is 0 Å². The Hall–Kier alpha value is -7.36. The third kappa shape index (κ3) is 3.84. The van der Waals surface area contributed by atoms with Crippen molar-refractivity contribution in [2.45, 2.75) is 0 Å². The molecule has 1 aliphatic rings. The Morgan fingerprint density at radius 1 is 0.327 bits per heavy atom. The van der Waals surface area contributed by atoms with E-state index in [1.807, 2.05) is 0 Å². The first-order chi connectivity index (χ1) is 27.3. The van der Waals surface area contributed by atoms with Crippen LogP contribution in [0, 0.1) is 0 Å². The molecule has 3 heterocycles. The molecule has 0 unspecified atom stereocenters. The zero-order valence-corrected chi connectivity index (χ0v) is 29.6. The molecule has 0 radical (unpaired) electrons.